The summed E-state index contributed by atoms with van der Waals surface area (Å²) < 4.78 is 43.8. The maximum atomic E-state index is 14.4. The third-order valence-electron chi connectivity index (χ3n) is 8.48. The van der Waals surface area contributed by atoms with E-state index in [1.165, 1.54) is 11.1 Å². The van der Waals surface area contributed by atoms with Crippen molar-refractivity contribution in [2.24, 2.45) is 16.9 Å². The van der Waals surface area contributed by atoms with Gasteiger partial charge in [0.2, 0.25) is 0 Å². The van der Waals surface area contributed by atoms with Gasteiger partial charge in [0, 0.05) is 27.3 Å². The van der Waals surface area contributed by atoms with Gasteiger partial charge < -0.3 is 0 Å². The molecule has 1 aliphatic carbocycles. The molecule has 1 amide bonds. The number of hydrazone groups is 1. The van der Waals surface area contributed by atoms with E-state index < -0.39 is 17.8 Å². The van der Waals surface area contributed by atoms with Crippen LogP contribution in [-0.4, -0.2) is 31.2 Å². The van der Waals surface area contributed by atoms with Gasteiger partial charge in [0.1, 0.15) is 0 Å². The number of nitrogens with zero attached hydrogens (tertiary/aromatic N) is 5. The molecule has 1 fully saturated rings. The molecule has 7 rings (SSSR count). The van der Waals surface area contributed by atoms with Crippen LogP contribution in [0.15, 0.2) is 82.1 Å². The predicted molar refractivity (Wildman–Crippen MR) is 172 cm³/mol. The smallest absolute Gasteiger partial charge is 0.265 e. The fourth-order valence-electron chi connectivity index (χ4n) is 6.33. The lowest BCUT2D eigenvalue weighted by Crippen LogP contribution is -2.33. The molecule has 2 aliphatic rings. The molecule has 5 heterocycles. The van der Waals surface area contributed by atoms with Gasteiger partial charge in [0.15, 0.2) is 17.0 Å². The molecule has 1 saturated carbocycles. The van der Waals surface area contributed by atoms with Crippen LogP contribution >= 0.6 is 22.7 Å². The second-order valence-electron chi connectivity index (χ2n) is 12.0. The maximum Gasteiger partial charge on any atom is 0.433 e. The van der Waals surface area contributed by atoms with Crippen molar-refractivity contribution in [3.05, 3.63) is 104 Å². The van der Waals surface area contributed by atoms with E-state index in [1.807, 2.05) is 41.1 Å². The Kier molecular flexibility index (Phi) is 7.48. The Labute approximate surface area is 266 Å². The van der Waals surface area contributed by atoms with Crippen molar-refractivity contribution in [3.63, 3.8) is 0 Å². The fourth-order valence-corrected chi connectivity index (χ4v) is 7.88. The third-order valence-corrected chi connectivity index (χ3v) is 10.2. The zero-order valence-corrected chi connectivity index (χ0v) is 26.5. The van der Waals surface area contributed by atoms with E-state index in [2.05, 4.69) is 43.0 Å². The molecule has 3 atom stereocenters. The quantitative estimate of drug-likeness (QED) is 0.191. The molecule has 4 aromatic heterocycles. The number of carbonyl (C=O) groups excluding carboxylic acids is 1. The van der Waals surface area contributed by atoms with Gasteiger partial charge in [-0.1, -0.05) is 57.2 Å². The van der Waals surface area contributed by atoms with Crippen molar-refractivity contribution in [1.82, 2.24) is 19.6 Å². The van der Waals surface area contributed by atoms with E-state index >= 15 is 0 Å². The molecule has 0 radical (unpaired) electrons. The number of thiophene rings is 2. The second kappa shape index (κ2) is 11.4. The summed E-state index contributed by atoms with van der Waals surface area (Å²) in [4.78, 5) is 20.8. The van der Waals surface area contributed by atoms with Crippen molar-refractivity contribution in [3.8, 4) is 11.3 Å². The SMILES string of the molecule is CC(C)c1ccc(-c2cc(C(F)(F)F)n3nc(C(=O)N4N=C5/C(=C\c6cccs6)C[C@@H](C)C[C@H]5[C@H]4c4cccs4)cc3n2)cc1. The first-order valence-corrected chi connectivity index (χ1v) is 16.6. The Bertz CT molecular complexity index is 1920. The minimum atomic E-state index is -4.72. The van der Waals surface area contributed by atoms with Gasteiger partial charge in [-0.3, -0.25) is 4.79 Å². The lowest BCUT2D eigenvalue weighted by atomic mass is 9.74. The molecule has 0 saturated heterocycles. The largest absolute Gasteiger partial charge is 0.433 e. The van der Waals surface area contributed by atoms with Crippen LogP contribution in [-0.2, 0) is 6.18 Å². The molecule has 11 heteroatoms. The third kappa shape index (κ3) is 5.52. The minimum Gasteiger partial charge on any atom is -0.265 e. The van der Waals surface area contributed by atoms with Crippen molar-refractivity contribution in [2.75, 3.05) is 0 Å². The van der Waals surface area contributed by atoms with Crippen LogP contribution in [0.4, 0.5) is 13.2 Å². The molecule has 1 aromatic carbocycles. The Morgan fingerprint density at radius 2 is 1.80 bits per heavy atom. The van der Waals surface area contributed by atoms with E-state index in [0.29, 0.717) is 11.5 Å². The van der Waals surface area contributed by atoms with E-state index in [9.17, 15) is 18.0 Å². The fraction of sp³-hybridized carbons (Fsp3) is 0.294. The maximum absolute atomic E-state index is 14.4. The first-order valence-electron chi connectivity index (χ1n) is 14.8. The Morgan fingerprint density at radius 3 is 2.47 bits per heavy atom. The highest BCUT2D eigenvalue weighted by Gasteiger charge is 2.46. The van der Waals surface area contributed by atoms with Gasteiger partial charge in [-0.2, -0.15) is 23.4 Å². The van der Waals surface area contributed by atoms with Crippen LogP contribution < -0.4 is 0 Å². The number of amides is 1. The molecule has 1 aliphatic heterocycles. The summed E-state index contributed by atoms with van der Waals surface area (Å²) in [5, 5.41) is 14.5. The molecule has 0 unspecified atom stereocenters. The molecule has 0 spiro atoms. The van der Waals surface area contributed by atoms with Crippen molar-refractivity contribution in [2.45, 2.75) is 51.7 Å². The van der Waals surface area contributed by atoms with Crippen molar-refractivity contribution in [1.29, 1.82) is 0 Å². The number of aromatic nitrogens is 3. The molecule has 230 valence electrons. The minimum absolute atomic E-state index is 0.0381. The predicted octanol–water partition coefficient (Wildman–Crippen LogP) is 9.34. The van der Waals surface area contributed by atoms with Gasteiger partial charge >= 0.3 is 6.18 Å². The number of hydrogen-bond donors (Lipinski definition) is 0. The van der Waals surface area contributed by atoms with Crippen molar-refractivity contribution < 1.29 is 18.0 Å². The lowest BCUT2D eigenvalue weighted by Gasteiger charge is -2.31. The molecule has 5 aromatic rings. The summed E-state index contributed by atoms with van der Waals surface area (Å²) in [5.41, 5.74) is 2.53. The molecular formula is C34H30F3N5OS2. The van der Waals surface area contributed by atoms with Gasteiger partial charge in [0.25, 0.3) is 5.91 Å². The summed E-state index contributed by atoms with van der Waals surface area (Å²) in [5.74, 6) is 0.0632. The first kappa shape index (κ1) is 29.6. The van der Waals surface area contributed by atoms with E-state index in [-0.39, 0.29) is 34.9 Å². The van der Waals surface area contributed by atoms with Crippen LogP contribution in [0.5, 0.6) is 0 Å². The zero-order chi connectivity index (χ0) is 31.5. The van der Waals surface area contributed by atoms with Crippen LogP contribution in [0.2, 0.25) is 0 Å². The van der Waals surface area contributed by atoms with Crippen LogP contribution in [0.1, 0.15) is 77.1 Å². The number of halogens is 3. The summed E-state index contributed by atoms with van der Waals surface area (Å²) in [6.07, 6.45) is -0.900. The molecule has 45 heavy (non-hydrogen) atoms. The topological polar surface area (TPSA) is 62.9 Å². The van der Waals surface area contributed by atoms with E-state index in [1.54, 1.807) is 34.8 Å². The Balaban J connectivity index is 1.32. The molecule has 6 nitrogen and oxygen atoms in total. The number of alkyl halides is 3. The number of rotatable bonds is 5. The van der Waals surface area contributed by atoms with Gasteiger partial charge in [0.05, 0.1) is 17.4 Å². The molecular weight excluding hydrogens is 616 g/mol. The normalized spacial score (nSPS) is 21.1. The van der Waals surface area contributed by atoms with Gasteiger partial charge in [-0.05, 0) is 70.8 Å². The summed E-state index contributed by atoms with van der Waals surface area (Å²) in [6.45, 7) is 6.31. The van der Waals surface area contributed by atoms with Gasteiger partial charge in [-0.25, -0.2) is 14.5 Å². The first-order chi connectivity index (χ1) is 21.6. The molecule has 0 bridgehead atoms. The van der Waals surface area contributed by atoms with Crippen molar-refractivity contribution >= 4 is 46.0 Å². The van der Waals surface area contributed by atoms with E-state index in [4.69, 9.17) is 5.10 Å². The average molecular weight is 646 g/mol. The summed E-state index contributed by atoms with van der Waals surface area (Å²) in [6, 6.07) is 17.2. The summed E-state index contributed by atoms with van der Waals surface area (Å²) in [7, 11) is 0. The number of benzene rings is 1. The number of fused-ring (bicyclic) bond motifs is 2. The summed E-state index contributed by atoms with van der Waals surface area (Å²) >= 11 is 3.18. The Morgan fingerprint density at radius 1 is 1.04 bits per heavy atom. The zero-order valence-electron chi connectivity index (χ0n) is 24.8. The number of hydrogen-bond acceptors (Lipinski definition) is 6. The second-order valence-corrected chi connectivity index (χ2v) is 14.0. The van der Waals surface area contributed by atoms with E-state index in [0.717, 1.165) is 50.0 Å². The molecule has 0 N–H and O–H groups in total. The highest BCUT2D eigenvalue weighted by Crippen LogP contribution is 2.47. The standard InChI is InChI=1S/C34H30F3N5OS2/c1-19(2)21-8-10-22(11-9-21)26-17-29(34(35,36)37)41-30(38-26)18-27(39-41)33(43)42-32(28-7-5-13-45-28)25-15-20(3)14-23(31(25)40-42)16-24-6-4-12-44-24/h4-13,16-20,25,32H,14-15H2,1-3H3/b23-16-/t20-,25-,32+/m1/s1. The van der Waals surface area contributed by atoms with Crippen LogP contribution in [0, 0.1) is 11.8 Å². The van der Waals surface area contributed by atoms with Crippen LogP contribution in [0.3, 0.4) is 0 Å². The highest BCUT2D eigenvalue weighted by atomic mass is 32.1. The lowest BCUT2D eigenvalue weighted by molar-refractivity contribution is -0.142. The monoisotopic (exact) mass is 645 g/mol. The number of allylic oxidation sites excluding steroid dienone is 1. The average Bonchev–Trinajstić information content (AvgIpc) is 3.82. The number of carbonyl (C=O) groups is 1. The Hall–Kier alpha value is -4.09. The highest BCUT2D eigenvalue weighted by molar-refractivity contribution is 7.11. The van der Waals surface area contributed by atoms with Crippen LogP contribution in [0.25, 0.3) is 23.0 Å². The van der Waals surface area contributed by atoms with Gasteiger partial charge in [-0.15, -0.1) is 22.7 Å².